The van der Waals surface area contributed by atoms with E-state index in [2.05, 4.69) is 12.4 Å². The Hall–Kier alpha value is -2.06. The fourth-order valence-corrected chi connectivity index (χ4v) is 6.13. The molecule has 3 heterocycles. The summed E-state index contributed by atoms with van der Waals surface area (Å²) in [7, 11) is 2.12. The lowest BCUT2D eigenvalue weighted by Crippen LogP contribution is -3.12. The Morgan fingerprint density at radius 2 is 1.90 bits per heavy atom. The Labute approximate surface area is 175 Å². The van der Waals surface area contributed by atoms with Crippen LogP contribution in [0.5, 0.6) is 0 Å². The highest BCUT2D eigenvalue weighted by Gasteiger charge is 2.57. The van der Waals surface area contributed by atoms with Gasteiger partial charge in [0.1, 0.15) is 17.5 Å². The van der Waals surface area contributed by atoms with E-state index >= 15 is 0 Å². The van der Waals surface area contributed by atoms with E-state index < -0.39 is 16.8 Å². The van der Waals surface area contributed by atoms with Crippen LogP contribution in [0.1, 0.15) is 42.1 Å². The van der Waals surface area contributed by atoms with Crippen molar-refractivity contribution < 1.29 is 19.3 Å². The van der Waals surface area contributed by atoms with Crippen LogP contribution < -0.4 is 10.2 Å². The van der Waals surface area contributed by atoms with Crippen LogP contribution in [-0.2, 0) is 9.59 Å². The van der Waals surface area contributed by atoms with Gasteiger partial charge in [0.05, 0.1) is 33.2 Å². The molecule has 3 aliphatic heterocycles. The molecule has 3 atom stereocenters. The van der Waals surface area contributed by atoms with Gasteiger partial charge in [-0.15, -0.1) is 11.8 Å². The van der Waals surface area contributed by atoms with Gasteiger partial charge in [-0.3, -0.25) is 14.4 Å². The molecule has 0 aromatic heterocycles. The quantitative estimate of drug-likeness (QED) is 0.720. The Kier molecular flexibility index (Phi) is 5.11. The molecule has 7 nitrogen and oxygen atoms in total. The van der Waals surface area contributed by atoms with Gasteiger partial charge in [0, 0.05) is 10.3 Å². The van der Waals surface area contributed by atoms with E-state index in [4.69, 9.17) is 0 Å². The predicted octanol–water partition coefficient (Wildman–Crippen LogP) is -0.103. The number of rotatable bonds is 3. The van der Waals surface area contributed by atoms with Crippen molar-refractivity contribution in [3.05, 3.63) is 35.4 Å². The number of thioether (sulfide) groups is 1. The first-order chi connectivity index (χ1) is 13.7. The number of benzene rings is 1. The first kappa shape index (κ1) is 20.2. The van der Waals surface area contributed by atoms with Gasteiger partial charge in [-0.2, -0.15) is 0 Å². The fraction of sp³-hybridized carbons (Fsp3) is 0.571. The Morgan fingerprint density at radius 3 is 2.59 bits per heavy atom. The Morgan fingerprint density at radius 1 is 1.24 bits per heavy atom. The number of carbonyl (C=O) groups is 3. The maximum absolute atomic E-state index is 13.3. The molecule has 156 valence electrons. The van der Waals surface area contributed by atoms with Gasteiger partial charge in [-0.1, -0.05) is 18.2 Å². The largest absolute Gasteiger partial charge is 0.343 e. The summed E-state index contributed by atoms with van der Waals surface area (Å²) in [5.74, 6) is -0.418. The number of nitrogens with zero attached hydrogens (tertiary/aromatic N) is 2. The summed E-state index contributed by atoms with van der Waals surface area (Å²) in [4.78, 5) is 44.0. The average molecular weight is 418 g/mol. The summed E-state index contributed by atoms with van der Waals surface area (Å²) in [6, 6.07) is 6.32. The van der Waals surface area contributed by atoms with Crippen molar-refractivity contribution in [1.82, 2.24) is 15.1 Å². The van der Waals surface area contributed by atoms with E-state index in [1.807, 2.05) is 43.0 Å². The van der Waals surface area contributed by atoms with Crippen LogP contribution in [-0.4, -0.2) is 77.6 Å². The predicted molar refractivity (Wildman–Crippen MR) is 112 cm³/mol. The first-order valence-corrected chi connectivity index (χ1v) is 11.1. The van der Waals surface area contributed by atoms with Crippen molar-refractivity contribution in [2.75, 3.05) is 33.2 Å². The molecule has 3 aliphatic rings. The van der Waals surface area contributed by atoms with E-state index in [1.54, 1.807) is 23.6 Å². The van der Waals surface area contributed by atoms with Gasteiger partial charge in [0.2, 0.25) is 11.8 Å². The van der Waals surface area contributed by atoms with Crippen molar-refractivity contribution in [3.63, 3.8) is 0 Å². The lowest BCUT2D eigenvalue weighted by molar-refractivity contribution is -0.883. The minimum absolute atomic E-state index is 0.0538. The minimum Gasteiger partial charge on any atom is -0.343 e. The molecule has 4 rings (SSSR count). The van der Waals surface area contributed by atoms with Crippen LogP contribution in [0.15, 0.2) is 24.3 Å². The zero-order valence-electron chi connectivity index (χ0n) is 17.4. The number of piperazine rings is 1. The third kappa shape index (κ3) is 3.42. The number of hydrogen-bond acceptors (Lipinski definition) is 4. The molecule has 8 heteroatoms. The first-order valence-electron chi connectivity index (χ1n) is 10.2. The monoisotopic (exact) mass is 417 g/mol. The van der Waals surface area contributed by atoms with E-state index in [1.165, 1.54) is 4.90 Å². The molecule has 0 unspecified atom stereocenters. The average Bonchev–Trinajstić information content (AvgIpc) is 3.11. The minimum atomic E-state index is -0.621. The Balaban J connectivity index is 1.49. The van der Waals surface area contributed by atoms with Crippen LogP contribution >= 0.6 is 11.8 Å². The van der Waals surface area contributed by atoms with Crippen LogP contribution in [0.2, 0.25) is 0 Å². The van der Waals surface area contributed by atoms with Crippen LogP contribution in [0.25, 0.3) is 0 Å². The van der Waals surface area contributed by atoms with Gasteiger partial charge >= 0.3 is 0 Å². The number of likely N-dealkylation sites (N-methyl/N-ethyl adjacent to an activating group) is 1. The second kappa shape index (κ2) is 7.32. The standard InChI is InChI=1S/C21H28N4O3S/c1-13(18(27)24-11-9-23(4)10-12-24)22-17(26)16-21(2,3)29-20-15-8-6-5-7-14(15)19(28)25(16)20/h5-8,13,16,20H,9-12H2,1-4H3,(H,22,26)/p+1/t13-,16+,20-/m0/s1. The third-order valence-corrected chi connectivity index (χ3v) is 7.74. The van der Waals surface area contributed by atoms with Crippen LogP contribution in [0.3, 0.4) is 0 Å². The normalized spacial score (nSPS) is 26.8. The van der Waals surface area contributed by atoms with E-state index in [9.17, 15) is 14.4 Å². The van der Waals surface area contributed by atoms with Gasteiger partial charge < -0.3 is 20.0 Å². The molecule has 0 radical (unpaired) electrons. The number of hydrogen-bond donors (Lipinski definition) is 2. The molecular weight excluding hydrogens is 388 g/mol. The highest BCUT2D eigenvalue weighted by molar-refractivity contribution is 8.01. The molecular formula is C21H29N4O3S+. The number of nitrogens with one attached hydrogen (secondary N) is 2. The summed E-state index contributed by atoms with van der Waals surface area (Å²) in [5, 5.41) is 2.75. The zero-order chi connectivity index (χ0) is 20.9. The van der Waals surface area contributed by atoms with Crippen molar-refractivity contribution >= 4 is 29.5 Å². The fourth-order valence-electron chi connectivity index (χ4n) is 4.54. The lowest BCUT2D eigenvalue weighted by Gasteiger charge is -2.33. The summed E-state index contributed by atoms with van der Waals surface area (Å²) < 4.78 is -0.447. The topological polar surface area (TPSA) is 74.2 Å². The summed E-state index contributed by atoms with van der Waals surface area (Å²) >= 11 is 1.63. The number of carbonyl (C=O) groups excluding carboxylic acids is 3. The smallest absolute Gasteiger partial charge is 0.256 e. The zero-order valence-corrected chi connectivity index (χ0v) is 18.2. The molecule has 29 heavy (non-hydrogen) atoms. The molecule has 1 aromatic carbocycles. The lowest BCUT2D eigenvalue weighted by atomic mass is 10.0. The van der Waals surface area contributed by atoms with Gasteiger partial charge in [0.25, 0.3) is 5.91 Å². The molecule has 3 amide bonds. The van der Waals surface area contributed by atoms with Gasteiger partial charge in [-0.05, 0) is 32.4 Å². The molecule has 2 N–H and O–H groups in total. The molecule has 0 saturated carbocycles. The molecule has 0 aliphatic carbocycles. The highest BCUT2D eigenvalue weighted by atomic mass is 32.2. The number of quaternary nitrogens is 1. The van der Waals surface area contributed by atoms with Crippen molar-refractivity contribution in [3.8, 4) is 0 Å². The maximum atomic E-state index is 13.3. The SMILES string of the molecule is C[C@H](NC(=O)[C@H]1N2C(=O)c3ccccc3[C@@H]2SC1(C)C)C(=O)N1CC[NH+](C)CC1. The number of fused-ring (bicyclic) bond motifs is 3. The van der Waals surface area contributed by atoms with E-state index in [0.29, 0.717) is 18.7 Å². The summed E-state index contributed by atoms with van der Waals surface area (Å²) in [5.41, 5.74) is 1.64. The summed E-state index contributed by atoms with van der Waals surface area (Å²) in [6.07, 6.45) is 0. The van der Waals surface area contributed by atoms with Crippen LogP contribution in [0, 0.1) is 0 Å². The third-order valence-electron chi connectivity index (χ3n) is 6.20. The second-order valence-corrected chi connectivity index (χ2v) is 10.5. The molecule has 1 aromatic rings. The maximum Gasteiger partial charge on any atom is 0.256 e. The van der Waals surface area contributed by atoms with Crippen molar-refractivity contribution in [2.45, 2.75) is 43.0 Å². The highest BCUT2D eigenvalue weighted by Crippen LogP contribution is 2.56. The van der Waals surface area contributed by atoms with Gasteiger partial charge in [-0.25, -0.2) is 0 Å². The molecule has 2 fully saturated rings. The molecule has 2 saturated heterocycles. The number of amides is 3. The summed E-state index contributed by atoms with van der Waals surface area (Å²) in [6.45, 7) is 8.97. The molecule has 0 bridgehead atoms. The van der Waals surface area contributed by atoms with E-state index in [0.717, 1.165) is 18.7 Å². The van der Waals surface area contributed by atoms with E-state index in [-0.39, 0.29) is 23.1 Å². The molecule has 0 spiro atoms. The van der Waals surface area contributed by atoms with Crippen molar-refractivity contribution in [1.29, 1.82) is 0 Å². The second-order valence-electron chi connectivity index (χ2n) is 8.79. The van der Waals surface area contributed by atoms with Crippen LogP contribution in [0.4, 0.5) is 0 Å². The van der Waals surface area contributed by atoms with Gasteiger partial charge in [0.15, 0.2) is 0 Å². The van der Waals surface area contributed by atoms with Crippen molar-refractivity contribution in [2.24, 2.45) is 0 Å². The Bertz CT molecular complexity index is 850.